The van der Waals surface area contributed by atoms with E-state index < -0.39 is 0 Å². The van der Waals surface area contributed by atoms with Gasteiger partial charge in [0.2, 0.25) is 0 Å². The molecule has 0 amide bonds. The fourth-order valence-corrected chi connectivity index (χ4v) is 2.80. The number of benzene rings is 2. The van der Waals surface area contributed by atoms with Gasteiger partial charge in [-0.2, -0.15) is 0 Å². The van der Waals surface area contributed by atoms with Crippen LogP contribution in [0.15, 0.2) is 53.6 Å². The lowest BCUT2D eigenvalue weighted by Crippen LogP contribution is -2.21. The quantitative estimate of drug-likeness (QED) is 0.652. The van der Waals surface area contributed by atoms with E-state index >= 15 is 0 Å². The minimum atomic E-state index is -0.133. The Balaban J connectivity index is 1.90. The number of aromatic nitrogens is 2. The van der Waals surface area contributed by atoms with Crippen LogP contribution >= 0.6 is 0 Å². The van der Waals surface area contributed by atoms with E-state index in [0.29, 0.717) is 17.4 Å². The molecule has 134 valence electrons. The maximum atomic E-state index is 12.8. The van der Waals surface area contributed by atoms with Crippen LogP contribution in [-0.4, -0.2) is 36.2 Å². The molecule has 6 heteroatoms. The summed E-state index contributed by atoms with van der Waals surface area (Å²) in [4.78, 5) is 28.9. The lowest BCUT2D eigenvalue weighted by atomic mass is 10.1. The van der Waals surface area contributed by atoms with E-state index in [-0.39, 0.29) is 24.4 Å². The molecule has 0 aliphatic carbocycles. The summed E-state index contributed by atoms with van der Waals surface area (Å²) in [5.41, 5.74) is 2.23. The number of carbonyl (C=O) groups excluding carboxylic acids is 1. The molecule has 26 heavy (non-hydrogen) atoms. The number of hydrogen-bond donors (Lipinski definition) is 0. The van der Waals surface area contributed by atoms with Crippen molar-refractivity contribution in [2.75, 3.05) is 20.8 Å². The highest BCUT2D eigenvalue weighted by Gasteiger charge is 2.09. The van der Waals surface area contributed by atoms with Gasteiger partial charge in [0.15, 0.2) is 5.78 Å². The summed E-state index contributed by atoms with van der Waals surface area (Å²) in [6.07, 6.45) is 1.78. The molecule has 0 unspecified atom stereocenters. The normalized spacial score (nSPS) is 10.8. The summed E-state index contributed by atoms with van der Waals surface area (Å²) in [7, 11) is 3.10. The maximum Gasteiger partial charge on any atom is 0.261 e. The summed E-state index contributed by atoms with van der Waals surface area (Å²) in [6, 6.07) is 12.9. The summed E-state index contributed by atoms with van der Waals surface area (Å²) in [6.45, 7) is 0.478. The first kappa shape index (κ1) is 17.8. The smallest absolute Gasteiger partial charge is 0.261 e. The lowest BCUT2D eigenvalue weighted by Gasteiger charge is -2.08. The molecule has 0 N–H and O–H groups in total. The molecule has 0 bridgehead atoms. The SMILES string of the molecule is COCC(=O)Cc1ccc2ncn(Cc3ccc(OC)cc3)c(=O)c2c1. The number of Topliss-reactive ketones (excluding diaryl/α,β-unsaturated/α-hetero) is 1. The number of methoxy groups -OCH3 is 2. The zero-order valence-electron chi connectivity index (χ0n) is 14.8. The van der Waals surface area contributed by atoms with E-state index in [0.717, 1.165) is 16.9 Å². The Morgan fingerprint density at radius 1 is 1.08 bits per heavy atom. The average Bonchev–Trinajstić information content (AvgIpc) is 2.65. The van der Waals surface area contributed by atoms with Crippen molar-refractivity contribution in [2.45, 2.75) is 13.0 Å². The van der Waals surface area contributed by atoms with Crippen LogP contribution < -0.4 is 10.3 Å². The summed E-state index contributed by atoms with van der Waals surface area (Å²) >= 11 is 0. The third-order valence-electron chi connectivity index (χ3n) is 4.11. The van der Waals surface area contributed by atoms with Crippen molar-refractivity contribution in [1.82, 2.24) is 9.55 Å². The van der Waals surface area contributed by atoms with Crippen LogP contribution in [0, 0.1) is 0 Å². The highest BCUT2D eigenvalue weighted by atomic mass is 16.5. The Morgan fingerprint density at radius 3 is 2.50 bits per heavy atom. The average molecular weight is 352 g/mol. The highest BCUT2D eigenvalue weighted by molar-refractivity contribution is 5.84. The van der Waals surface area contributed by atoms with Crippen LogP contribution in [0.3, 0.4) is 0 Å². The molecular formula is C20H20N2O4. The fraction of sp³-hybridized carbons (Fsp3) is 0.250. The number of nitrogens with zero attached hydrogens (tertiary/aromatic N) is 2. The molecule has 0 saturated carbocycles. The molecule has 3 aromatic rings. The van der Waals surface area contributed by atoms with Gasteiger partial charge < -0.3 is 9.47 Å². The first-order valence-corrected chi connectivity index (χ1v) is 8.22. The molecule has 0 fully saturated rings. The van der Waals surface area contributed by atoms with Crippen molar-refractivity contribution in [1.29, 1.82) is 0 Å². The molecule has 1 heterocycles. The van der Waals surface area contributed by atoms with E-state index in [2.05, 4.69) is 4.98 Å². The number of carbonyl (C=O) groups is 1. The largest absolute Gasteiger partial charge is 0.497 e. The minimum absolute atomic E-state index is 0.0331. The molecule has 0 aliphatic heterocycles. The second-order valence-electron chi connectivity index (χ2n) is 6.03. The Bertz CT molecular complexity index is 977. The van der Waals surface area contributed by atoms with E-state index in [1.54, 1.807) is 30.1 Å². The molecular weight excluding hydrogens is 332 g/mol. The van der Waals surface area contributed by atoms with Crippen molar-refractivity contribution < 1.29 is 14.3 Å². The second-order valence-corrected chi connectivity index (χ2v) is 6.03. The van der Waals surface area contributed by atoms with Crippen molar-refractivity contribution in [3.63, 3.8) is 0 Å². The first-order chi connectivity index (χ1) is 12.6. The Hall–Kier alpha value is -2.99. The second kappa shape index (κ2) is 7.93. The van der Waals surface area contributed by atoms with E-state index in [1.165, 1.54) is 7.11 Å². The lowest BCUT2D eigenvalue weighted by molar-refractivity contribution is -0.121. The molecule has 0 saturated heterocycles. The number of fused-ring (bicyclic) bond motifs is 1. The zero-order chi connectivity index (χ0) is 18.5. The Kier molecular flexibility index (Phi) is 5.43. The van der Waals surface area contributed by atoms with E-state index in [4.69, 9.17) is 9.47 Å². The predicted molar refractivity (Wildman–Crippen MR) is 98.7 cm³/mol. The molecule has 0 spiro atoms. The van der Waals surface area contributed by atoms with Crippen LogP contribution in [-0.2, 0) is 22.5 Å². The van der Waals surface area contributed by atoms with Gasteiger partial charge in [-0.05, 0) is 35.4 Å². The zero-order valence-corrected chi connectivity index (χ0v) is 14.8. The van der Waals surface area contributed by atoms with Crippen molar-refractivity contribution in [3.8, 4) is 5.75 Å². The molecule has 1 aromatic heterocycles. The molecule has 0 aliphatic rings. The number of ketones is 1. The van der Waals surface area contributed by atoms with Crippen LogP contribution in [0.4, 0.5) is 0 Å². The Labute approximate surface area is 151 Å². The van der Waals surface area contributed by atoms with Crippen molar-refractivity contribution >= 4 is 16.7 Å². The van der Waals surface area contributed by atoms with Gasteiger partial charge in [0.25, 0.3) is 5.56 Å². The van der Waals surface area contributed by atoms with Gasteiger partial charge in [-0.3, -0.25) is 14.2 Å². The molecule has 6 nitrogen and oxygen atoms in total. The summed E-state index contributed by atoms with van der Waals surface area (Å²) < 4.78 is 11.6. The molecule has 2 aromatic carbocycles. The number of ether oxygens (including phenoxy) is 2. The van der Waals surface area contributed by atoms with E-state index in [1.807, 2.05) is 30.3 Å². The van der Waals surface area contributed by atoms with Gasteiger partial charge in [0.05, 0.1) is 30.9 Å². The summed E-state index contributed by atoms with van der Waals surface area (Å²) in [5.74, 6) is 0.734. The standard InChI is InChI=1S/C20H20N2O4/c1-25-12-16(23)9-15-5-8-19-18(10-15)20(24)22(13-21-19)11-14-3-6-17(26-2)7-4-14/h3-8,10,13H,9,11-12H2,1-2H3. The van der Waals surface area contributed by atoms with E-state index in [9.17, 15) is 9.59 Å². The number of hydrogen-bond acceptors (Lipinski definition) is 5. The van der Waals surface area contributed by atoms with Crippen LogP contribution in [0.1, 0.15) is 11.1 Å². The Morgan fingerprint density at radius 2 is 1.81 bits per heavy atom. The third-order valence-corrected chi connectivity index (χ3v) is 4.11. The predicted octanol–water partition coefficient (Wildman–Crippen LogP) is 2.21. The topological polar surface area (TPSA) is 70.4 Å². The first-order valence-electron chi connectivity index (χ1n) is 8.22. The maximum absolute atomic E-state index is 12.8. The van der Waals surface area contributed by atoms with Gasteiger partial charge >= 0.3 is 0 Å². The van der Waals surface area contributed by atoms with Gasteiger partial charge in [0.1, 0.15) is 12.4 Å². The highest BCUT2D eigenvalue weighted by Crippen LogP contribution is 2.14. The van der Waals surface area contributed by atoms with Crippen LogP contribution in [0.2, 0.25) is 0 Å². The fourth-order valence-electron chi connectivity index (χ4n) is 2.80. The van der Waals surface area contributed by atoms with Gasteiger partial charge in [0, 0.05) is 13.5 Å². The van der Waals surface area contributed by atoms with Crippen molar-refractivity contribution in [3.05, 3.63) is 70.3 Å². The van der Waals surface area contributed by atoms with Gasteiger partial charge in [-0.1, -0.05) is 18.2 Å². The monoisotopic (exact) mass is 352 g/mol. The van der Waals surface area contributed by atoms with Gasteiger partial charge in [-0.15, -0.1) is 0 Å². The number of rotatable bonds is 7. The van der Waals surface area contributed by atoms with Crippen LogP contribution in [0.5, 0.6) is 5.75 Å². The summed E-state index contributed by atoms with van der Waals surface area (Å²) in [5, 5.41) is 0.503. The third kappa shape index (κ3) is 3.97. The van der Waals surface area contributed by atoms with Crippen molar-refractivity contribution in [2.24, 2.45) is 0 Å². The van der Waals surface area contributed by atoms with Gasteiger partial charge in [-0.25, -0.2) is 4.98 Å². The minimum Gasteiger partial charge on any atom is -0.497 e. The molecule has 0 atom stereocenters. The molecule has 3 rings (SSSR count). The molecule has 0 radical (unpaired) electrons. The van der Waals surface area contributed by atoms with Crippen LogP contribution in [0.25, 0.3) is 10.9 Å².